The molecule has 0 aliphatic carbocycles. The Kier molecular flexibility index (Phi) is 3.29. The van der Waals surface area contributed by atoms with Crippen molar-refractivity contribution in [2.45, 2.75) is 25.7 Å². The van der Waals surface area contributed by atoms with Gasteiger partial charge in [0.25, 0.3) is 5.91 Å². The van der Waals surface area contributed by atoms with Gasteiger partial charge in [0.2, 0.25) is 0 Å². The van der Waals surface area contributed by atoms with Crippen molar-refractivity contribution in [3.8, 4) is 0 Å². The van der Waals surface area contributed by atoms with Crippen molar-refractivity contribution in [1.82, 2.24) is 24.7 Å². The van der Waals surface area contributed by atoms with Crippen LogP contribution in [0, 0.1) is 6.92 Å². The second-order valence-electron chi connectivity index (χ2n) is 4.79. The average Bonchev–Trinajstić information content (AvgIpc) is 3.09. The Labute approximate surface area is 115 Å². The number of aromatic amines is 1. The normalized spacial score (nSPS) is 19.6. The average molecular weight is 277 g/mol. The third-order valence-electron chi connectivity index (χ3n) is 3.52. The number of hydrogen-bond acceptors (Lipinski definition) is 5. The lowest BCUT2D eigenvalue weighted by Gasteiger charge is -2.31. The minimum atomic E-state index is 0.0525. The highest BCUT2D eigenvalue weighted by Crippen LogP contribution is 2.26. The van der Waals surface area contributed by atoms with Gasteiger partial charge in [0.05, 0.1) is 5.69 Å². The molecule has 2 aromatic heterocycles. The maximum Gasteiger partial charge on any atom is 0.267 e. The van der Waals surface area contributed by atoms with Crippen LogP contribution in [-0.2, 0) is 0 Å². The second-order valence-corrected chi connectivity index (χ2v) is 5.54. The van der Waals surface area contributed by atoms with Gasteiger partial charge in [-0.2, -0.15) is 5.10 Å². The summed E-state index contributed by atoms with van der Waals surface area (Å²) in [5.74, 6) is 0.401. The highest BCUT2D eigenvalue weighted by molar-refractivity contribution is 7.07. The van der Waals surface area contributed by atoms with E-state index in [9.17, 15) is 4.79 Å². The first-order chi connectivity index (χ1) is 9.25. The molecule has 0 saturated carbocycles. The molecular weight excluding hydrogens is 262 g/mol. The van der Waals surface area contributed by atoms with E-state index in [4.69, 9.17) is 0 Å². The van der Waals surface area contributed by atoms with Gasteiger partial charge in [-0.15, -0.1) is 5.10 Å². The zero-order valence-electron chi connectivity index (χ0n) is 10.7. The van der Waals surface area contributed by atoms with Crippen LogP contribution in [0.4, 0.5) is 0 Å². The van der Waals surface area contributed by atoms with E-state index < -0.39 is 0 Å². The van der Waals surface area contributed by atoms with Gasteiger partial charge in [0.15, 0.2) is 0 Å². The summed E-state index contributed by atoms with van der Waals surface area (Å²) in [5, 5.41) is 10.9. The monoisotopic (exact) mass is 277 g/mol. The number of likely N-dealkylation sites (tertiary alicyclic amines) is 1. The topological polar surface area (TPSA) is 74.8 Å². The maximum absolute atomic E-state index is 12.4. The minimum absolute atomic E-state index is 0.0525. The number of carbonyl (C=O) groups excluding carboxylic acids is 1. The SMILES string of the molecule is Cc1nnsc1C(=O)N1CCC[C@H](c2ccn[nH]2)C1. The number of nitrogens with zero attached hydrogens (tertiary/aromatic N) is 4. The summed E-state index contributed by atoms with van der Waals surface area (Å²) in [4.78, 5) is 15.0. The first-order valence-electron chi connectivity index (χ1n) is 6.33. The van der Waals surface area contributed by atoms with Gasteiger partial charge in [0, 0.05) is 30.9 Å². The second kappa shape index (κ2) is 5.08. The van der Waals surface area contributed by atoms with Crippen molar-refractivity contribution in [3.05, 3.63) is 28.5 Å². The van der Waals surface area contributed by atoms with Gasteiger partial charge < -0.3 is 4.90 Å². The number of rotatable bonds is 2. The molecule has 100 valence electrons. The van der Waals surface area contributed by atoms with Gasteiger partial charge in [-0.25, -0.2) is 0 Å². The zero-order chi connectivity index (χ0) is 13.2. The molecular formula is C12H15N5OS. The van der Waals surface area contributed by atoms with Gasteiger partial charge in [-0.1, -0.05) is 4.49 Å². The molecule has 1 fully saturated rings. The van der Waals surface area contributed by atoms with E-state index in [1.807, 2.05) is 17.9 Å². The quantitative estimate of drug-likeness (QED) is 0.904. The molecule has 7 heteroatoms. The third-order valence-corrected chi connectivity index (χ3v) is 4.33. The van der Waals surface area contributed by atoms with Crippen LogP contribution in [0.5, 0.6) is 0 Å². The zero-order valence-corrected chi connectivity index (χ0v) is 11.5. The van der Waals surface area contributed by atoms with Crippen LogP contribution in [0.3, 0.4) is 0 Å². The lowest BCUT2D eigenvalue weighted by atomic mass is 9.95. The fraction of sp³-hybridized carbons (Fsp3) is 0.500. The van der Waals surface area contributed by atoms with Crippen molar-refractivity contribution in [2.75, 3.05) is 13.1 Å². The molecule has 19 heavy (non-hydrogen) atoms. The number of aromatic nitrogens is 4. The van der Waals surface area contributed by atoms with Crippen molar-refractivity contribution in [3.63, 3.8) is 0 Å². The molecule has 1 amide bonds. The minimum Gasteiger partial charge on any atom is -0.337 e. The number of H-pyrrole nitrogens is 1. The van der Waals surface area contributed by atoms with E-state index in [2.05, 4.69) is 19.8 Å². The molecule has 0 aromatic carbocycles. The molecule has 3 heterocycles. The van der Waals surface area contributed by atoms with E-state index in [-0.39, 0.29) is 5.91 Å². The number of aryl methyl sites for hydroxylation is 1. The lowest BCUT2D eigenvalue weighted by molar-refractivity contribution is 0.0710. The molecule has 1 atom stereocenters. The van der Waals surface area contributed by atoms with Crippen LogP contribution >= 0.6 is 11.5 Å². The van der Waals surface area contributed by atoms with Gasteiger partial charge in [0.1, 0.15) is 4.88 Å². The largest absolute Gasteiger partial charge is 0.337 e. The molecule has 3 rings (SSSR count). The standard InChI is InChI=1S/C12H15N5OS/c1-8-11(19-16-14-8)12(18)17-6-2-3-9(7-17)10-4-5-13-15-10/h4-5,9H,2-3,6-7H2,1H3,(H,13,15)/t9-/m0/s1. The number of amides is 1. The van der Waals surface area contributed by atoms with Crippen molar-refractivity contribution in [2.24, 2.45) is 0 Å². The molecule has 1 N–H and O–H groups in total. The molecule has 0 radical (unpaired) electrons. The summed E-state index contributed by atoms with van der Waals surface area (Å²) < 4.78 is 3.83. The molecule has 0 unspecified atom stereocenters. The van der Waals surface area contributed by atoms with E-state index in [0.29, 0.717) is 10.8 Å². The highest BCUT2D eigenvalue weighted by Gasteiger charge is 2.28. The first kappa shape index (κ1) is 12.3. The van der Waals surface area contributed by atoms with Crippen LogP contribution in [0.25, 0.3) is 0 Å². The lowest BCUT2D eigenvalue weighted by Crippen LogP contribution is -2.39. The van der Waals surface area contributed by atoms with Gasteiger partial charge in [-0.3, -0.25) is 9.89 Å². The summed E-state index contributed by atoms with van der Waals surface area (Å²) in [5.41, 5.74) is 1.83. The Balaban J connectivity index is 1.75. The Morgan fingerprint density at radius 3 is 3.16 bits per heavy atom. The predicted molar refractivity (Wildman–Crippen MR) is 71.1 cm³/mol. The molecule has 0 spiro atoms. The summed E-state index contributed by atoms with van der Waals surface area (Å²) >= 11 is 1.18. The molecule has 0 bridgehead atoms. The third kappa shape index (κ3) is 2.37. The first-order valence-corrected chi connectivity index (χ1v) is 7.10. The Morgan fingerprint density at radius 1 is 1.58 bits per heavy atom. The summed E-state index contributed by atoms with van der Waals surface area (Å²) in [6.07, 6.45) is 3.86. The van der Waals surface area contributed by atoms with E-state index in [1.54, 1.807) is 6.20 Å². The van der Waals surface area contributed by atoms with Crippen LogP contribution in [-0.4, -0.2) is 43.7 Å². The maximum atomic E-state index is 12.4. The van der Waals surface area contributed by atoms with Crippen LogP contribution in [0.2, 0.25) is 0 Å². The van der Waals surface area contributed by atoms with Crippen molar-refractivity contribution in [1.29, 1.82) is 0 Å². The van der Waals surface area contributed by atoms with Crippen LogP contribution in [0.15, 0.2) is 12.3 Å². The van der Waals surface area contributed by atoms with E-state index in [0.717, 1.165) is 37.3 Å². The summed E-state index contributed by atoms with van der Waals surface area (Å²) in [7, 11) is 0. The highest BCUT2D eigenvalue weighted by atomic mass is 32.1. The van der Waals surface area contributed by atoms with Crippen molar-refractivity contribution >= 4 is 17.4 Å². The van der Waals surface area contributed by atoms with Crippen LogP contribution in [0.1, 0.15) is 39.8 Å². The summed E-state index contributed by atoms with van der Waals surface area (Å²) in [6.45, 7) is 3.37. The number of nitrogens with one attached hydrogen (secondary N) is 1. The van der Waals surface area contributed by atoms with E-state index in [1.165, 1.54) is 11.5 Å². The number of hydrogen-bond donors (Lipinski definition) is 1. The number of carbonyl (C=O) groups is 1. The predicted octanol–water partition coefficient (Wildman–Crippen LogP) is 1.59. The molecule has 6 nitrogen and oxygen atoms in total. The molecule has 1 aliphatic rings. The smallest absolute Gasteiger partial charge is 0.267 e. The van der Waals surface area contributed by atoms with Crippen molar-refractivity contribution < 1.29 is 4.79 Å². The fourth-order valence-corrected chi connectivity index (χ4v) is 3.11. The Morgan fingerprint density at radius 2 is 2.47 bits per heavy atom. The molecule has 1 aliphatic heterocycles. The Bertz CT molecular complexity index is 564. The van der Waals surface area contributed by atoms with Gasteiger partial charge in [-0.05, 0) is 37.4 Å². The van der Waals surface area contributed by atoms with Gasteiger partial charge >= 0.3 is 0 Å². The number of piperidine rings is 1. The van der Waals surface area contributed by atoms with Crippen LogP contribution < -0.4 is 0 Å². The molecule has 1 saturated heterocycles. The van der Waals surface area contributed by atoms with E-state index >= 15 is 0 Å². The Hall–Kier alpha value is -1.76. The summed E-state index contributed by atoms with van der Waals surface area (Å²) in [6, 6.07) is 1.98. The molecule has 2 aromatic rings. The fourth-order valence-electron chi connectivity index (χ4n) is 2.48.